The van der Waals surface area contributed by atoms with Gasteiger partial charge in [-0.25, -0.2) is 0 Å². The Kier molecular flexibility index (Phi) is 5.46. The van der Waals surface area contributed by atoms with Gasteiger partial charge in [0.25, 0.3) is 5.91 Å². The maximum absolute atomic E-state index is 11.5. The molecule has 0 spiro atoms. The van der Waals surface area contributed by atoms with Crippen LogP contribution >= 0.6 is 67.8 Å². The van der Waals surface area contributed by atoms with Crippen molar-refractivity contribution in [1.82, 2.24) is 0 Å². The first kappa shape index (κ1) is 16.2. The van der Waals surface area contributed by atoms with Crippen LogP contribution in [-0.2, 0) is 4.79 Å². The highest BCUT2D eigenvalue weighted by molar-refractivity contribution is 14.1. The van der Waals surface area contributed by atoms with E-state index in [-0.39, 0.29) is 5.91 Å². The fraction of sp³-hybridized carbons (Fsp3) is 0.200. The Hall–Kier alpha value is 0.150. The van der Waals surface area contributed by atoms with Crippen LogP contribution < -0.4 is 16.4 Å². The first-order chi connectivity index (χ1) is 8.20. The number of rotatable bonds is 2. The minimum atomic E-state index is -0.551. The van der Waals surface area contributed by atoms with E-state index in [9.17, 15) is 9.59 Å². The molecular weight excluding hydrogens is 575 g/mol. The Morgan fingerprint density at radius 2 is 1.61 bits per heavy atom. The summed E-state index contributed by atoms with van der Waals surface area (Å²) in [6.45, 7) is 1.45. The molecule has 98 valence electrons. The van der Waals surface area contributed by atoms with Gasteiger partial charge in [-0.15, -0.1) is 0 Å². The molecule has 0 radical (unpaired) electrons. The average Bonchev–Trinajstić information content (AvgIpc) is 2.25. The average molecular weight is 585 g/mol. The molecule has 2 amide bonds. The van der Waals surface area contributed by atoms with E-state index in [1.807, 2.05) is 45.2 Å². The molecule has 0 heterocycles. The minimum absolute atomic E-state index is 0.137. The topological polar surface area (TPSA) is 89.4 Å². The van der Waals surface area contributed by atoms with E-state index in [0.717, 1.165) is 3.57 Å². The lowest BCUT2D eigenvalue weighted by molar-refractivity contribution is -0.116. The van der Waals surface area contributed by atoms with Gasteiger partial charge in [0.2, 0.25) is 5.91 Å². The molecule has 1 rings (SSSR count). The van der Waals surface area contributed by atoms with Crippen LogP contribution in [0.25, 0.3) is 0 Å². The van der Waals surface area contributed by atoms with E-state index < -0.39 is 5.91 Å². The van der Waals surface area contributed by atoms with E-state index in [2.05, 4.69) is 22.6 Å². The fourth-order valence-corrected chi connectivity index (χ4v) is 5.76. The number of carbonyl (C=O) groups is 2. The van der Waals surface area contributed by atoms with Crippen molar-refractivity contribution in [1.29, 1.82) is 0 Å². The van der Waals surface area contributed by atoms with Crippen molar-refractivity contribution in [3.05, 3.63) is 16.3 Å². The lowest BCUT2D eigenvalue weighted by Crippen LogP contribution is -2.27. The zero-order chi connectivity index (χ0) is 14.2. The number of halogens is 3. The molecule has 1 aromatic carbocycles. The zero-order valence-corrected chi connectivity index (χ0v) is 16.0. The molecule has 0 unspecified atom stereocenters. The van der Waals surface area contributed by atoms with Crippen LogP contribution in [0.3, 0.4) is 0 Å². The summed E-state index contributed by atoms with van der Waals surface area (Å²) in [5.74, 6) is -0.688. The van der Waals surface area contributed by atoms with Crippen LogP contribution in [0, 0.1) is 10.7 Å². The summed E-state index contributed by atoms with van der Waals surface area (Å²) >= 11 is 6.07. The van der Waals surface area contributed by atoms with Gasteiger partial charge < -0.3 is 16.4 Å². The maximum Gasteiger partial charge on any atom is 0.251 e. The Bertz CT molecular complexity index is 546. The second kappa shape index (κ2) is 6.07. The standard InChI is InChI=1S/C10H10I3N3O2/c1-3(17)16(2)9-6(12)4(10(15)18)5(11)8(14)7(9)13/h14H2,1-2H3,(H2,15,18). The molecule has 0 saturated carbocycles. The van der Waals surface area contributed by atoms with Gasteiger partial charge in [0.1, 0.15) is 0 Å². The third kappa shape index (κ3) is 2.84. The number of nitrogens with two attached hydrogens (primary N) is 2. The molecule has 18 heavy (non-hydrogen) atoms. The highest BCUT2D eigenvalue weighted by atomic mass is 127. The molecule has 0 aliphatic heterocycles. The van der Waals surface area contributed by atoms with Gasteiger partial charge in [0.05, 0.1) is 27.6 Å². The first-order valence-corrected chi connectivity index (χ1v) is 7.93. The second-order valence-electron chi connectivity index (χ2n) is 3.52. The van der Waals surface area contributed by atoms with Crippen molar-refractivity contribution in [2.45, 2.75) is 6.92 Å². The Labute approximate surface area is 145 Å². The summed E-state index contributed by atoms with van der Waals surface area (Å²) in [5, 5.41) is 0. The number of amides is 2. The van der Waals surface area contributed by atoms with Gasteiger partial charge in [-0.2, -0.15) is 0 Å². The molecule has 8 heteroatoms. The molecular formula is C10H10I3N3O2. The Balaban J connectivity index is 3.73. The van der Waals surface area contributed by atoms with Gasteiger partial charge in [-0.1, -0.05) is 0 Å². The van der Waals surface area contributed by atoms with Crippen molar-refractivity contribution in [3.8, 4) is 0 Å². The minimum Gasteiger partial charge on any atom is -0.397 e. The molecule has 4 N–H and O–H groups in total. The van der Waals surface area contributed by atoms with Crippen molar-refractivity contribution in [3.63, 3.8) is 0 Å². The van der Waals surface area contributed by atoms with Crippen molar-refractivity contribution < 1.29 is 9.59 Å². The molecule has 5 nitrogen and oxygen atoms in total. The summed E-state index contributed by atoms with van der Waals surface area (Å²) in [6.07, 6.45) is 0. The third-order valence-electron chi connectivity index (χ3n) is 2.38. The number of nitrogens with zero attached hydrogens (tertiary/aromatic N) is 1. The highest BCUT2D eigenvalue weighted by Gasteiger charge is 2.24. The maximum atomic E-state index is 11.5. The highest BCUT2D eigenvalue weighted by Crippen LogP contribution is 2.38. The largest absolute Gasteiger partial charge is 0.397 e. The summed E-state index contributed by atoms with van der Waals surface area (Å²) in [4.78, 5) is 24.4. The first-order valence-electron chi connectivity index (χ1n) is 4.70. The number of hydrogen-bond donors (Lipinski definition) is 2. The summed E-state index contributed by atoms with van der Waals surface area (Å²) in [6, 6.07) is 0. The number of primary amides is 1. The predicted molar refractivity (Wildman–Crippen MR) is 96.6 cm³/mol. The molecule has 1 aromatic rings. The van der Waals surface area contributed by atoms with E-state index in [1.165, 1.54) is 11.8 Å². The number of anilines is 2. The van der Waals surface area contributed by atoms with Crippen LogP contribution in [0.2, 0.25) is 0 Å². The fourth-order valence-electron chi connectivity index (χ4n) is 1.34. The van der Waals surface area contributed by atoms with Gasteiger partial charge >= 0.3 is 0 Å². The van der Waals surface area contributed by atoms with Crippen molar-refractivity contribution in [2.24, 2.45) is 5.73 Å². The molecule has 0 atom stereocenters. The van der Waals surface area contributed by atoms with E-state index in [4.69, 9.17) is 11.5 Å². The van der Waals surface area contributed by atoms with Gasteiger partial charge in [0.15, 0.2) is 0 Å². The monoisotopic (exact) mass is 585 g/mol. The summed E-state index contributed by atoms with van der Waals surface area (Å²) in [7, 11) is 1.64. The van der Waals surface area contributed by atoms with Crippen LogP contribution in [0.1, 0.15) is 17.3 Å². The second-order valence-corrected chi connectivity index (χ2v) is 6.76. The number of carbonyl (C=O) groups excluding carboxylic acids is 2. The zero-order valence-electron chi connectivity index (χ0n) is 9.55. The van der Waals surface area contributed by atoms with Gasteiger partial charge in [-0.05, 0) is 67.8 Å². The van der Waals surface area contributed by atoms with Gasteiger partial charge in [0, 0.05) is 14.0 Å². The number of nitrogen functional groups attached to an aromatic ring is 1. The Morgan fingerprint density at radius 3 is 2.00 bits per heavy atom. The quantitative estimate of drug-likeness (QED) is 0.413. The van der Waals surface area contributed by atoms with Crippen molar-refractivity contribution in [2.75, 3.05) is 17.7 Å². The van der Waals surface area contributed by atoms with Crippen LogP contribution in [-0.4, -0.2) is 18.9 Å². The lowest BCUT2D eigenvalue weighted by atomic mass is 10.1. The normalized spacial score (nSPS) is 10.3. The van der Waals surface area contributed by atoms with E-state index in [0.29, 0.717) is 24.1 Å². The smallest absolute Gasteiger partial charge is 0.251 e. The van der Waals surface area contributed by atoms with E-state index in [1.54, 1.807) is 7.05 Å². The number of hydrogen-bond acceptors (Lipinski definition) is 3. The molecule has 0 bridgehead atoms. The van der Waals surface area contributed by atoms with Crippen LogP contribution in [0.5, 0.6) is 0 Å². The lowest BCUT2D eigenvalue weighted by Gasteiger charge is -2.22. The van der Waals surface area contributed by atoms with Crippen LogP contribution in [0.4, 0.5) is 11.4 Å². The van der Waals surface area contributed by atoms with Gasteiger partial charge in [-0.3, -0.25) is 9.59 Å². The molecule has 0 saturated heterocycles. The number of benzene rings is 1. The SMILES string of the molecule is CC(=O)N(C)c1c(I)c(N)c(I)c(C(N)=O)c1I. The summed E-state index contributed by atoms with van der Waals surface area (Å²) in [5.41, 5.74) is 12.8. The van der Waals surface area contributed by atoms with Crippen molar-refractivity contribution >= 4 is 91.0 Å². The Morgan fingerprint density at radius 1 is 1.11 bits per heavy atom. The molecule has 0 aromatic heterocycles. The molecule has 0 aliphatic rings. The predicted octanol–water partition coefficient (Wildman–Crippen LogP) is 2.16. The third-order valence-corrected chi connectivity index (χ3v) is 5.64. The summed E-state index contributed by atoms with van der Waals surface area (Å²) < 4.78 is 2.00. The van der Waals surface area contributed by atoms with Crippen LogP contribution in [0.15, 0.2) is 0 Å². The van der Waals surface area contributed by atoms with E-state index >= 15 is 0 Å². The molecule has 0 fully saturated rings. The molecule has 0 aliphatic carbocycles.